The Labute approximate surface area is 145 Å². The molecule has 2 aliphatic rings. The van der Waals surface area contributed by atoms with Crippen molar-refractivity contribution in [1.82, 2.24) is 19.5 Å². The van der Waals surface area contributed by atoms with Crippen molar-refractivity contribution in [2.75, 3.05) is 49.6 Å². The summed E-state index contributed by atoms with van der Waals surface area (Å²) in [7, 11) is 0. The molecule has 4 rings (SSSR count). The lowest BCUT2D eigenvalue weighted by Gasteiger charge is -2.32. The van der Waals surface area contributed by atoms with Gasteiger partial charge >= 0.3 is 6.09 Å². The lowest BCUT2D eigenvalue weighted by Crippen LogP contribution is -2.44. The van der Waals surface area contributed by atoms with Crippen LogP contribution < -0.4 is 10.2 Å². The van der Waals surface area contributed by atoms with Gasteiger partial charge in [0.2, 0.25) is 0 Å². The normalized spacial score (nSPS) is 21.5. The molecule has 2 fully saturated rings. The largest absolute Gasteiger partial charge is 0.465 e. The molecule has 2 N–H and O–H groups in total. The molecule has 1 atom stereocenters. The number of fused-ring (bicyclic) bond motifs is 1. The van der Waals surface area contributed by atoms with Crippen molar-refractivity contribution >= 4 is 23.2 Å². The lowest BCUT2D eigenvalue weighted by atomic mass is 10.1. The van der Waals surface area contributed by atoms with E-state index < -0.39 is 6.09 Å². The lowest BCUT2D eigenvalue weighted by molar-refractivity contribution is 0.123. The van der Waals surface area contributed by atoms with Crippen molar-refractivity contribution in [1.29, 1.82) is 0 Å². The van der Waals surface area contributed by atoms with Crippen molar-refractivity contribution in [2.24, 2.45) is 0 Å². The SMILES string of the molecule is O=C(O)N1CCC[C@@H](Nc2cc(N3CCOCC3)c3nccn3n2)C1. The van der Waals surface area contributed by atoms with Gasteiger partial charge in [-0.1, -0.05) is 0 Å². The first-order valence-corrected chi connectivity index (χ1v) is 8.62. The molecule has 0 unspecified atom stereocenters. The van der Waals surface area contributed by atoms with Gasteiger partial charge < -0.3 is 25.0 Å². The van der Waals surface area contributed by atoms with Gasteiger partial charge in [0.1, 0.15) is 5.82 Å². The van der Waals surface area contributed by atoms with Crippen LogP contribution >= 0.6 is 0 Å². The van der Waals surface area contributed by atoms with E-state index in [0.717, 1.165) is 43.1 Å². The number of amides is 1. The Kier molecular flexibility index (Phi) is 4.31. The van der Waals surface area contributed by atoms with Crippen LogP contribution in [-0.4, -0.2) is 76.1 Å². The molecule has 0 bridgehead atoms. The van der Waals surface area contributed by atoms with Crippen LogP contribution in [0.1, 0.15) is 12.8 Å². The monoisotopic (exact) mass is 346 g/mol. The van der Waals surface area contributed by atoms with Gasteiger partial charge in [0.15, 0.2) is 5.65 Å². The number of imidazole rings is 1. The number of hydrogen-bond donors (Lipinski definition) is 2. The highest BCUT2D eigenvalue weighted by molar-refractivity contribution is 5.72. The molecule has 0 aromatic carbocycles. The van der Waals surface area contributed by atoms with E-state index in [1.54, 1.807) is 10.7 Å². The number of likely N-dealkylation sites (tertiary alicyclic amines) is 1. The van der Waals surface area contributed by atoms with E-state index in [-0.39, 0.29) is 6.04 Å². The highest BCUT2D eigenvalue weighted by Gasteiger charge is 2.24. The summed E-state index contributed by atoms with van der Waals surface area (Å²) in [5.74, 6) is 0.740. The van der Waals surface area contributed by atoms with Crippen molar-refractivity contribution in [3.63, 3.8) is 0 Å². The molecule has 25 heavy (non-hydrogen) atoms. The third-order valence-corrected chi connectivity index (χ3v) is 4.74. The van der Waals surface area contributed by atoms with Crippen molar-refractivity contribution in [3.8, 4) is 0 Å². The average molecular weight is 346 g/mol. The first-order valence-electron chi connectivity index (χ1n) is 8.62. The van der Waals surface area contributed by atoms with Gasteiger partial charge in [0, 0.05) is 50.7 Å². The fourth-order valence-corrected chi connectivity index (χ4v) is 3.49. The number of nitrogens with one attached hydrogen (secondary N) is 1. The topological polar surface area (TPSA) is 95.2 Å². The van der Waals surface area contributed by atoms with Crippen LogP contribution in [0, 0.1) is 0 Å². The number of carboxylic acid groups (broad SMARTS) is 1. The highest BCUT2D eigenvalue weighted by Crippen LogP contribution is 2.25. The Morgan fingerprint density at radius 3 is 2.96 bits per heavy atom. The molecule has 4 heterocycles. The van der Waals surface area contributed by atoms with Gasteiger partial charge in [-0.3, -0.25) is 0 Å². The molecule has 0 radical (unpaired) electrons. The van der Waals surface area contributed by atoms with Gasteiger partial charge in [-0.25, -0.2) is 14.3 Å². The molecule has 0 spiro atoms. The van der Waals surface area contributed by atoms with Crippen LogP contribution in [0.4, 0.5) is 16.3 Å². The fourth-order valence-electron chi connectivity index (χ4n) is 3.49. The zero-order valence-corrected chi connectivity index (χ0v) is 14.0. The molecule has 134 valence electrons. The Bertz CT molecular complexity index is 757. The number of morpholine rings is 1. The van der Waals surface area contributed by atoms with Crippen LogP contribution in [0.5, 0.6) is 0 Å². The molecule has 2 aromatic heterocycles. The molecule has 2 aromatic rings. The van der Waals surface area contributed by atoms with E-state index in [9.17, 15) is 9.90 Å². The van der Waals surface area contributed by atoms with E-state index in [2.05, 4.69) is 20.3 Å². The first-order chi connectivity index (χ1) is 12.2. The van der Waals surface area contributed by atoms with Crippen LogP contribution in [0.15, 0.2) is 18.5 Å². The van der Waals surface area contributed by atoms with Crippen LogP contribution in [0.2, 0.25) is 0 Å². The smallest absolute Gasteiger partial charge is 0.407 e. The summed E-state index contributed by atoms with van der Waals surface area (Å²) in [4.78, 5) is 19.3. The quantitative estimate of drug-likeness (QED) is 0.860. The van der Waals surface area contributed by atoms with E-state index in [4.69, 9.17) is 4.74 Å². The summed E-state index contributed by atoms with van der Waals surface area (Å²) >= 11 is 0. The fraction of sp³-hybridized carbons (Fsp3) is 0.562. The highest BCUT2D eigenvalue weighted by atomic mass is 16.5. The molecule has 9 heteroatoms. The number of anilines is 2. The average Bonchev–Trinajstić information content (AvgIpc) is 3.10. The summed E-state index contributed by atoms with van der Waals surface area (Å²) in [6.45, 7) is 4.12. The second kappa shape index (κ2) is 6.75. The summed E-state index contributed by atoms with van der Waals surface area (Å²) < 4.78 is 7.21. The Hall–Kier alpha value is -2.55. The van der Waals surface area contributed by atoms with E-state index in [0.29, 0.717) is 26.3 Å². The maximum atomic E-state index is 11.2. The van der Waals surface area contributed by atoms with Gasteiger partial charge in [0.25, 0.3) is 0 Å². The van der Waals surface area contributed by atoms with Crippen molar-refractivity contribution in [3.05, 3.63) is 18.5 Å². The standard InChI is InChI=1S/C16H22N6O3/c23-16(24)21-4-1-2-12(11-21)18-14-10-13(20-6-8-25-9-7-20)15-17-3-5-22(15)19-14/h3,5,10,12H,1-2,4,6-9,11H2,(H,18,19)(H,23,24)/t12-/m1/s1. The Morgan fingerprint density at radius 2 is 2.16 bits per heavy atom. The van der Waals surface area contributed by atoms with Crippen LogP contribution in [0.3, 0.4) is 0 Å². The summed E-state index contributed by atoms with van der Waals surface area (Å²) in [5, 5.41) is 17.2. The van der Waals surface area contributed by atoms with E-state index in [1.165, 1.54) is 4.90 Å². The van der Waals surface area contributed by atoms with Gasteiger partial charge in [-0.15, -0.1) is 5.10 Å². The third-order valence-electron chi connectivity index (χ3n) is 4.74. The summed E-state index contributed by atoms with van der Waals surface area (Å²) in [6, 6.07) is 2.07. The number of carbonyl (C=O) groups is 1. The Balaban J connectivity index is 1.58. The molecular formula is C16H22N6O3. The minimum atomic E-state index is -0.862. The molecule has 0 saturated carbocycles. The van der Waals surface area contributed by atoms with Crippen molar-refractivity contribution < 1.29 is 14.6 Å². The third kappa shape index (κ3) is 3.32. The molecule has 2 saturated heterocycles. The van der Waals surface area contributed by atoms with Crippen molar-refractivity contribution in [2.45, 2.75) is 18.9 Å². The molecule has 2 aliphatic heterocycles. The first kappa shape index (κ1) is 15.9. The van der Waals surface area contributed by atoms with Gasteiger partial charge in [-0.2, -0.15) is 0 Å². The van der Waals surface area contributed by atoms with E-state index >= 15 is 0 Å². The second-order valence-electron chi connectivity index (χ2n) is 6.42. The minimum absolute atomic E-state index is 0.0656. The maximum Gasteiger partial charge on any atom is 0.407 e. The predicted molar refractivity (Wildman–Crippen MR) is 92.3 cm³/mol. The van der Waals surface area contributed by atoms with Gasteiger partial charge in [-0.05, 0) is 12.8 Å². The van der Waals surface area contributed by atoms with Gasteiger partial charge in [0.05, 0.1) is 18.9 Å². The second-order valence-corrected chi connectivity index (χ2v) is 6.42. The zero-order valence-electron chi connectivity index (χ0n) is 14.0. The minimum Gasteiger partial charge on any atom is -0.465 e. The van der Waals surface area contributed by atoms with Crippen LogP contribution in [0.25, 0.3) is 5.65 Å². The number of rotatable bonds is 3. The number of aromatic nitrogens is 3. The predicted octanol–water partition coefficient (Wildman–Crippen LogP) is 1.12. The number of nitrogens with zero attached hydrogens (tertiary/aromatic N) is 5. The summed E-state index contributed by atoms with van der Waals surface area (Å²) in [5.41, 5.74) is 1.85. The number of hydrogen-bond acceptors (Lipinski definition) is 6. The van der Waals surface area contributed by atoms with E-state index in [1.807, 2.05) is 12.3 Å². The number of ether oxygens (including phenoxy) is 1. The molecule has 9 nitrogen and oxygen atoms in total. The molecular weight excluding hydrogens is 324 g/mol. The zero-order chi connectivity index (χ0) is 17.2. The van der Waals surface area contributed by atoms with Crippen LogP contribution in [-0.2, 0) is 4.74 Å². The molecule has 1 amide bonds. The number of piperidine rings is 1. The summed E-state index contributed by atoms with van der Waals surface area (Å²) in [6.07, 6.45) is 4.49. The maximum absolute atomic E-state index is 11.2. The Morgan fingerprint density at radius 1 is 1.32 bits per heavy atom. The molecule has 0 aliphatic carbocycles.